The molecule has 1 atom stereocenters. The number of carbonyl (C=O) groups is 2. The second-order valence-corrected chi connectivity index (χ2v) is 10.0. The molecule has 1 aromatic carbocycles. The third-order valence-corrected chi connectivity index (χ3v) is 8.13. The molecule has 0 N–H and O–H groups in total. The zero-order chi connectivity index (χ0) is 22.1. The van der Waals surface area contributed by atoms with Crippen molar-refractivity contribution in [2.24, 2.45) is 0 Å². The highest BCUT2D eigenvalue weighted by Gasteiger charge is 2.35. The van der Waals surface area contributed by atoms with Crippen molar-refractivity contribution in [2.75, 3.05) is 13.1 Å². The second kappa shape index (κ2) is 9.02. The Balaban J connectivity index is 1.54. The summed E-state index contributed by atoms with van der Waals surface area (Å²) >= 11 is 1.61. The first-order valence-electron chi connectivity index (χ1n) is 11.6. The Hall–Kier alpha value is -2.73. The zero-order valence-electron chi connectivity index (χ0n) is 18.5. The molecule has 3 aromatic rings. The molecule has 5 nitrogen and oxygen atoms in total. The van der Waals surface area contributed by atoms with Gasteiger partial charge in [0.2, 0.25) is 5.91 Å². The van der Waals surface area contributed by atoms with Crippen LogP contribution in [-0.2, 0) is 11.3 Å². The van der Waals surface area contributed by atoms with Crippen LogP contribution in [0.2, 0.25) is 0 Å². The Morgan fingerprint density at radius 2 is 1.88 bits per heavy atom. The summed E-state index contributed by atoms with van der Waals surface area (Å²) < 4.78 is 1.15. The molecule has 1 aliphatic carbocycles. The number of hydrogen-bond acceptors (Lipinski definition) is 4. The number of likely N-dealkylation sites (tertiary alicyclic amines) is 1. The van der Waals surface area contributed by atoms with Crippen molar-refractivity contribution in [3.8, 4) is 0 Å². The number of pyridine rings is 1. The number of nitrogens with zero attached hydrogens (tertiary/aromatic N) is 3. The average Bonchev–Trinajstić information content (AvgIpc) is 3.57. The van der Waals surface area contributed by atoms with Crippen LogP contribution >= 0.6 is 11.3 Å². The molecule has 5 rings (SSSR count). The summed E-state index contributed by atoms with van der Waals surface area (Å²) in [5.41, 5.74) is 2.07. The molecule has 6 heteroatoms. The normalized spacial score (nSPS) is 19.0. The van der Waals surface area contributed by atoms with Gasteiger partial charge in [0.15, 0.2) is 0 Å². The molecule has 1 saturated heterocycles. The van der Waals surface area contributed by atoms with Gasteiger partial charge in [-0.25, -0.2) is 0 Å². The summed E-state index contributed by atoms with van der Waals surface area (Å²) in [6.07, 6.45) is 7.16. The van der Waals surface area contributed by atoms with E-state index in [2.05, 4.69) is 22.0 Å². The largest absolute Gasteiger partial charge is 0.342 e. The maximum atomic E-state index is 14.1. The van der Waals surface area contributed by atoms with Crippen molar-refractivity contribution in [2.45, 2.75) is 57.5 Å². The van der Waals surface area contributed by atoms with Gasteiger partial charge in [-0.15, -0.1) is 11.3 Å². The van der Waals surface area contributed by atoms with Crippen molar-refractivity contribution < 1.29 is 9.59 Å². The van der Waals surface area contributed by atoms with E-state index >= 15 is 0 Å². The maximum Gasteiger partial charge on any atom is 0.264 e. The standard InChI is InChI=1S/C26H29N3O2S/c1-18(30)28-15-13-19(16-28)24-22-11-4-5-12-23(22)32-25(24)26(31)29(21-9-2-3-10-21)17-20-8-6-7-14-27-20/h4-8,11-12,14,19,21H,2-3,9-10,13,15-17H2,1H3/t19-/m1/s1. The van der Waals surface area contributed by atoms with Crippen molar-refractivity contribution in [1.82, 2.24) is 14.8 Å². The van der Waals surface area contributed by atoms with Crippen LogP contribution in [0, 0.1) is 0 Å². The fraction of sp³-hybridized carbons (Fsp3) is 0.423. The van der Waals surface area contributed by atoms with E-state index in [1.807, 2.05) is 35.2 Å². The lowest BCUT2D eigenvalue weighted by molar-refractivity contribution is -0.127. The number of benzene rings is 1. The Morgan fingerprint density at radius 1 is 1.09 bits per heavy atom. The third kappa shape index (κ3) is 4.04. The molecule has 0 spiro atoms. The number of aromatic nitrogens is 1. The molecule has 2 fully saturated rings. The van der Waals surface area contributed by atoms with Crippen LogP contribution < -0.4 is 0 Å². The molecule has 32 heavy (non-hydrogen) atoms. The van der Waals surface area contributed by atoms with E-state index in [4.69, 9.17) is 0 Å². The van der Waals surface area contributed by atoms with Crippen LogP contribution in [0.5, 0.6) is 0 Å². The van der Waals surface area contributed by atoms with E-state index in [1.54, 1.807) is 24.5 Å². The number of rotatable bonds is 5. The molecule has 0 unspecified atom stereocenters. The van der Waals surface area contributed by atoms with Gasteiger partial charge in [-0.05, 0) is 48.4 Å². The minimum Gasteiger partial charge on any atom is -0.342 e. The fourth-order valence-corrected chi connectivity index (χ4v) is 6.54. The molecular formula is C26H29N3O2S. The zero-order valence-corrected chi connectivity index (χ0v) is 19.3. The van der Waals surface area contributed by atoms with E-state index in [-0.39, 0.29) is 23.8 Å². The van der Waals surface area contributed by atoms with Crippen LogP contribution in [0.3, 0.4) is 0 Å². The summed E-state index contributed by atoms with van der Waals surface area (Å²) in [4.78, 5) is 35.4. The molecule has 0 radical (unpaired) electrons. The molecule has 1 aliphatic heterocycles. The number of fused-ring (bicyclic) bond motifs is 1. The maximum absolute atomic E-state index is 14.1. The lowest BCUT2D eigenvalue weighted by atomic mass is 9.94. The Labute approximate surface area is 193 Å². The van der Waals surface area contributed by atoms with E-state index < -0.39 is 0 Å². The summed E-state index contributed by atoms with van der Waals surface area (Å²) in [5, 5.41) is 1.17. The van der Waals surface area contributed by atoms with E-state index in [9.17, 15) is 9.59 Å². The number of hydrogen-bond donors (Lipinski definition) is 0. The predicted molar refractivity (Wildman–Crippen MR) is 128 cm³/mol. The molecule has 1 saturated carbocycles. The Kier molecular flexibility index (Phi) is 5.96. The Morgan fingerprint density at radius 3 is 2.59 bits per heavy atom. The fourth-order valence-electron chi connectivity index (χ4n) is 5.29. The molecule has 0 bridgehead atoms. The first-order chi connectivity index (χ1) is 15.6. The molecule has 2 aromatic heterocycles. The van der Waals surface area contributed by atoms with E-state index in [0.29, 0.717) is 13.1 Å². The summed E-state index contributed by atoms with van der Waals surface area (Å²) in [5.74, 6) is 0.442. The number of carbonyl (C=O) groups excluding carboxylic acids is 2. The molecular weight excluding hydrogens is 418 g/mol. The van der Waals surface area contributed by atoms with Crippen LogP contribution in [0.4, 0.5) is 0 Å². The molecule has 166 valence electrons. The summed E-state index contributed by atoms with van der Waals surface area (Å²) in [6, 6.07) is 14.5. The predicted octanol–water partition coefficient (Wildman–Crippen LogP) is 5.22. The SMILES string of the molecule is CC(=O)N1CC[C@@H](c2c(C(=O)N(Cc3ccccn3)C3CCCC3)sc3ccccc23)C1. The van der Waals surface area contributed by atoms with Crippen LogP contribution in [-0.4, -0.2) is 45.7 Å². The number of amides is 2. The highest BCUT2D eigenvalue weighted by molar-refractivity contribution is 7.21. The topological polar surface area (TPSA) is 53.5 Å². The van der Waals surface area contributed by atoms with Crippen LogP contribution in [0.1, 0.15) is 65.9 Å². The van der Waals surface area contributed by atoms with Gasteiger partial charge in [0.1, 0.15) is 0 Å². The van der Waals surface area contributed by atoms with Gasteiger partial charge in [0.25, 0.3) is 5.91 Å². The van der Waals surface area contributed by atoms with Crippen molar-refractivity contribution in [1.29, 1.82) is 0 Å². The minimum absolute atomic E-state index is 0.114. The van der Waals surface area contributed by atoms with Gasteiger partial charge in [-0.2, -0.15) is 0 Å². The van der Waals surface area contributed by atoms with E-state index in [0.717, 1.165) is 46.6 Å². The van der Waals surface area contributed by atoms with Gasteiger partial charge in [0.05, 0.1) is 17.1 Å². The van der Waals surface area contributed by atoms with E-state index in [1.165, 1.54) is 18.2 Å². The monoisotopic (exact) mass is 447 g/mol. The highest BCUT2D eigenvalue weighted by Crippen LogP contribution is 2.41. The van der Waals surface area contributed by atoms with Gasteiger partial charge >= 0.3 is 0 Å². The first kappa shape index (κ1) is 21.1. The van der Waals surface area contributed by atoms with Gasteiger partial charge < -0.3 is 9.80 Å². The lowest BCUT2D eigenvalue weighted by Crippen LogP contribution is -2.38. The molecule has 2 aliphatic rings. The first-order valence-corrected chi connectivity index (χ1v) is 12.4. The smallest absolute Gasteiger partial charge is 0.264 e. The quantitative estimate of drug-likeness (QED) is 0.539. The third-order valence-electron chi connectivity index (χ3n) is 6.95. The highest BCUT2D eigenvalue weighted by atomic mass is 32.1. The minimum atomic E-state index is 0.114. The van der Waals surface area contributed by atoms with Crippen molar-refractivity contribution >= 4 is 33.2 Å². The van der Waals surface area contributed by atoms with Gasteiger partial charge in [0, 0.05) is 42.9 Å². The van der Waals surface area contributed by atoms with Crippen molar-refractivity contribution in [3.05, 3.63) is 64.8 Å². The second-order valence-electron chi connectivity index (χ2n) is 8.98. The average molecular weight is 448 g/mol. The molecule has 3 heterocycles. The van der Waals surface area contributed by atoms with Crippen LogP contribution in [0.25, 0.3) is 10.1 Å². The lowest BCUT2D eigenvalue weighted by Gasteiger charge is -2.29. The van der Waals surface area contributed by atoms with Crippen LogP contribution in [0.15, 0.2) is 48.7 Å². The van der Waals surface area contributed by atoms with Crippen molar-refractivity contribution in [3.63, 3.8) is 0 Å². The van der Waals surface area contributed by atoms with Gasteiger partial charge in [-0.3, -0.25) is 14.6 Å². The summed E-state index contributed by atoms with van der Waals surface area (Å²) in [6.45, 7) is 3.63. The summed E-state index contributed by atoms with van der Waals surface area (Å²) in [7, 11) is 0. The van der Waals surface area contributed by atoms with Gasteiger partial charge in [-0.1, -0.05) is 37.1 Å². The number of thiophene rings is 1. The molecule has 2 amide bonds. The Bertz CT molecular complexity index is 1120.